The van der Waals surface area contributed by atoms with Gasteiger partial charge in [0.05, 0.1) is 50.5 Å². The summed E-state index contributed by atoms with van der Waals surface area (Å²) in [6, 6.07) is 4.88. The molecule has 0 fully saturated rings. The molecule has 0 amide bonds. The lowest BCUT2D eigenvalue weighted by Gasteiger charge is -2.24. The lowest BCUT2D eigenvalue weighted by Crippen LogP contribution is -2.32. The molecule has 1 atom stereocenters. The van der Waals surface area contributed by atoms with Gasteiger partial charge < -0.3 is 35.4 Å². The molecular formula is C23H36N2O10. The fourth-order valence-electron chi connectivity index (χ4n) is 1.58. The summed E-state index contributed by atoms with van der Waals surface area (Å²) in [5.41, 5.74) is 1.05. The summed E-state index contributed by atoms with van der Waals surface area (Å²) in [5.74, 6) is -0.501. The number of carbonyl (C=O) groups excluding carboxylic acids is 3. The first-order valence-electron chi connectivity index (χ1n) is 10.4. The summed E-state index contributed by atoms with van der Waals surface area (Å²) < 4.78 is 4.33. The average Bonchev–Trinajstić information content (AvgIpc) is 2.87. The van der Waals surface area contributed by atoms with Crippen molar-refractivity contribution in [2.75, 3.05) is 39.6 Å². The number of esters is 1. The molecule has 1 aromatic carbocycles. The van der Waals surface area contributed by atoms with Crippen LogP contribution in [0.5, 0.6) is 0 Å². The van der Waals surface area contributed by atoms with Crippen LogP contribution in [0.2, 0.25) is 0 Å². The molecule has 6 N–H and O–H groups in total. The maximum absolute atomic E-state index is 10.1. The van der Waals surface area contributed by atoms with Gasteiger partial charge in [0.15, 0.2) is 0 Å². The molecule has 0 saturated carbocycles. The Morgan fingerprint density at radius 3 is 1.94 bits per heavy atom. The molecule has 0 heterocycles. The van der Waals surface area contributed by atoms with Crippen LogP contribution in [-0.4, -0.2) is 94.5 Å². The van der Waals surface area contributed by atoms with Gasteiger partial charge in [0.25, 0.3) is 0 Å². The van der Waals surface area contributed by atoms with E-state index in [1.54, 1.807) is 19.1 Å². The zero-order valence-corrected chi connectivity index (χ0v) is 20.3. The Kier molecular flexibility index (Phi) is 25.1. The summed E-state index contributed by atoms with van der Waals surface area (Å²) in [5, 5.41) is 50.1. The van der Waals surface area contributed by atoms with Gasteiger partial charge in [-0.2, -0.15) is 9.98 Å². The Bertz CT molecular complexity index is 780. The van der Waals surface area contributed by atoms with Crippen LogP contribution < -0.4 is 0 Å². The van der Waals surface area contributed by atoms with E-state index in [0.717, 1.165) is 11.6 Å². The quantitative estimate of drug-likeness (QED) is 0.112. The first-order chi connectivity index (χ1) is 16.6. The first kappa shape index (κ1) is 36.5. The summed E-state index contributed by atoms with van der Waals surface area (Å²) >= 11 is 0. The second-order valence-electron chi connectivity index (χ2n) is 6.83. The third-order valence-electron chi connectivity index (χ3n) is 4.06. The van der Waals surface area contributed by atoms with E-state index >= 15 is 0 Å². The van der Waals surface area contributed by atoms with Gasteiger partial charge >= 0.3 is 5.97 Å². The number of hydrogen-bond donors (Lipinski definition) is 6. The fourth-order valence-corrected chi connectivity index (χ4v) is 1.58. The van der Waals surface area contributed by atoms with Crippen LogP contribution in [0.1, 0.15) is 25.8 Å². The van der Waals surface area contributed by atoms with E-state index in [0.29, 0.717) is 17.8 Å². The molecule has 0 radical (unpaired) electrons. The lowest BCUT2D eigenvalue weighted by molar-refractivity contribution is -0.138. The summed E-state index contributed by atoms with van der Waals surface area (Å²) in [6.07, 6.45) is 3.92. The molecule has 0 aliphatic heterocycles. The van der Waals surface area contributed by atoms with Gasteiger partial charge in [0, 0.05) is 11.5 Å². The number of nitrogens with zero attached hydrogens (tertiary/aromatic N) is 2. The number of benzene rings is 1. The molecule has 1 rings (SSSR count). The summed E-state index contributed by atoms with van der Waals surface area (Å²) in [6.45, 7) is 7.60. The van der Waals surface area contributed by atoms with E-state index in [2.05, 4.69) is 21.3 Å². The minimum absolute atomic E-state index is 0.0465. The highest BCUT2D eigenvalue weighted by Gasteiger charge is 2.24. The fraction of sp³-hybridized carbons (Fsp3) is 0.522. The van der Waals surface area contributed by atoms with Crippen molar-refractivity contribution in [3.8, 4) is 0 Å². The zero-order chi connectivity index (χ0) is 27.7. The summed E-state index contributed by atoms with van der Waals surface area (Å²) in [4.78, 5) is 36.9. The SMILES string of the molecule is C=CC(=O)OCCO.CC(O)CO.CCC(CO)(CO)CO.Cc1ccc(N=C=O)cc1N=C=O. The molecule has 0 bridgehead atoms. The van der Waals surface area contributed by atoms with Crippen LogP contribution in [0.4, 0.5) is 11.4 Å². The largest absolute Gasteiger partial charge is 0.460 e. The predicted octanol–water partition coefficient (Wildman–Crippen LogP) is 0.357. The van der Waals surface area contributed by atoms with Crippen LogP contribution in [0, 0.1) is 12.3 Å². The number of aryl methyl sites for hydroxylation is 1. The van der Waals surface area contributed by atoms with E-state index in [4.69, 9.17) is 30.6 Å². The van der Waals surface area contributed by atoms with Gasteiger partial charge in [-0.05, 0) is 38.0 Å². The standard InChI is InChI=1S/C9H6N2O2.C6H14O3.C5H8O3.C3H8O2/c1-7-2-3-8(10-5-12)4-9(7)11-6-13;1-2-6(3-7,4-8)5-9;1-2-5(7)8-4-3-6;1-3(5)2-4/h2-4H,1H3;7-9H,2-5H2,1H3;2,6H,1,3-4H2;3-5H,2H2,1H3. The summed E-state index contributed by atoms with van der Waals surface area (Å²) in [7, 11) is 0. The third kappa shape index (κ3) is 20.1. The molecule has 12 heteroatoms. The highest BCUT2D eigenvalue weighted by molar-refractivity contribution is 5.81. The van der Waals surface area contributed by atoms with E-state index < -0.39 is 17.5 Å². The molecule has 1 aromatic rings. The number of ether oxygens (including phenoxy) is 1. The Morgan fingerprint density at radius 1 is 1.11 bits per heavy atom. The van der Waals surface area contributed by atoms with Gasteiger partial charge in [-0.15, -0.1) is 0 Å². The van der Waals surface area contributed by atoms with Crippen LogP contribution in [-0.2, 0) is 19.1 Å². The number of aliphatic hydroxyl groups is 6. The van der Waals surface area contributed by atoms with Gasteiger partial charge in [-0.25, -0.2) is 14.4 Å². The van der Waals surface area contributed by atoms with Crippen molar-refractivity contribution in [1.82, 2.24) is 0 Å². The van der Waals surface area contributed by atoms with E-state index in [-0.39, 0.29) is 39.6 Å². The number of rotatable bonds is 10. The second kappa shape index (κ2) is 24.1. The minimum Gasteiger partial charge on any atom is -0.460 e. The van der Waals surface area contributed by atoms with Crippen LogP contribution in [0.15, 0.2) is 40.8 Å². The molecule has 12 nitrogen and oxygen atoms in total. The molecule has 0 aliphatic rings. The molecule has 35 heavy (non-hydrogen) atoms. The van der Waals surface area contributed by atoms with E-state index in [9.17, 15) is 14.4 Å². The Labute approximate surface area is 204 Å². The smallest absolute Gasteiger partial charge is 0.330 e. The van der Waals surface area contributed by atoms with Crippen molar-refractivity contribution in [3.05, 3.63) is 36.4 Å². The molecular weight excluding hydrogens is 464 g/mol. The topological polar surface area (TPSA) is 207 Å². The normalized spacial score (nSPS) is 10.2. The molecule has 0 spiro atoms. The van der Waals surface area contributed by atoms with E-state index in [1.165, 1.54) is 25.1 Å². The number of aliphatic hydroxyl groups excluding tert-OH is 6. The Balaban J connectivity index is -0.000000413. The van der Waals surface area contributed by atoms with Crippen molar-refractivity contribution in [1.29, 1.82) is 0 Å². The number of hydrogen-bond acceptors (Lipinski definition) is 12. The second-order valence-corrected chi connectivity index (χ2v) is 6.83. The van der Waals surface area contributed by atoms with Crippen LogP contribution in [0.3, 0.4) is 0 Å². The van der Waals surface area contributed by atoms with Crippen LogP contribution in [0.25, 0.3) is 0 Å². The maximum Gasteiger partial charge on any atom is 0.330 e. The number of aliphatic imine (C=N–C) groups is 2. The van der Waals surface area contributed by atoms with Gasteiger partial charge in [-0.1, -0.05) is 19.6 Å². The minimum atomic E-state index is -0.667. The highest BCUT2D eigenvalue weighted by atomic mass is 16.5. The highest BCUT2D eigenvalue weighted by Crippen LogP contribution is 2.23. The molecule has 1 unspecified atom stereocenters. The molecule has 0 aliphatic carbocycles. The Morgan fingerprint density at radius 2 is 1.63 bits per heavy atom. The monoisotopic (exact) mass is 500 g/mol. The van der Waals surface area contributed by atoms with Gasteiger partial charge in [0.1, 0.15) is 6.61 Å². The van der Waals surface area contributed by atoms with Crippen molar-refractivity contribution in [2.24, 2.45) is 15.4 Å². The van der Waals surface area contributed by atoms with E-state index in [1.807, 2.05) is 6.92 Å². The van der Waals surface area contributed by atoms with Crippen molar-refractivity contribution in [2.45, 2.75) is 33.3 Å². The number of carbonyl (C=O) groups is 1. The molecule has 198 valence electrons. The zero-order valence-electron chi connectivity index (χ0n) is 20.3. The predicted molar refractivity (Wildman–Crippen MR) is 128 cm³/mol. The first-order valence-corrected chi connectivity index (χ1v) is 10.4. The van der Waals surface area contributed by atoms with Crippen LogP contribution >= 0.6 is 0 Å². The van der Waals surface area contributed by atoms with Gasteiger partial charge in [-0.3, -0.25) is 0 Å². The lowest BCUT2D eigenvalue weighted by atomic mass is 9.88. The molecule has 0 saturated heterocycles. The van der Waals surface area contributed by atoms with Crippen molar-refractivity contribution >= 4 is 29.5 Å². The van der Waals surface area contributed by atoms with Gasteiger partial charge in [0.2, 0.25) is 12.2 Å². The maximum atomic E-state index is 10.1. The Hall–Kier alpha value is -3.05. The average molecular weight is 501 g/mol. The number of isocyanates is 2. The molecule has 0 aromatic heterocycles. The van der Waals surface area contributed by atoms with Crippen molar-refractivity contribution in [3.63, 3.8) is 0 Å². The third-order valence-corrected chi connectivity index (χ3v) is 4.06. The van der Waals surface area contributed by atoms with Crippen molar-refractivity contribution < 1.29 is 49.8 Å².